The third-order valence-corrected chi connectivity index (χ3v) is 4.49. The number of rotatable bonds is 4. The van der Waals surface area contributed by atoms with Crippen molar-refractivity contribution in [3.05, 3.63) is 0 Å². The van der Waals surface area contributed by atoms with Crippen LogP contribution in [-0.4, -0.2) is 30.8 Å². The quantitative estimate of drug-likeness (QED) is 0.701. The van der Waals surface area contributed by atoms with Crippen molar-refractivity contribution in [1.82, 2.24) is 4.90 Å². The molecule has 0 amide bonds. The average Bonchev–Trinajstić information content (AvgIpc) is 2.28. The van der Waals surface area contributed by atoms with Crippen LogP contribution >= 0.6 is 0 Å². The fourth-order valence-corrected chi connectivity index (χ4v) is 2.70. The summed E-state index contributed by atoms with van der Waals surface area (Å²) in [6.45, 7) is 14.5. The molecule has 0 radical (unpaired) electrons. The molecule has 0 aromatic heterocycles. The van der Waals surface area contributed by atoms with E-state index in [1.807, 2.05) is 0 Å². The minimum atomic E-state index is -0.144. The van der Waals surface area contributed by atoms with Gasteiger partial charge in [-0.25, -0.2) is 0 Å². The second-order valence-corrected chi connectivity index (χ2v) is 7.04. The van der Waals surface area contributed by atoms with Gasteiger partial charge in [-0.15, -0.1) is 0 Å². The van der Waals surface area contributed by atoms with Gasteiger partial charge in [0.1, 0.15) is 6.29 Å². The molecule has 1 heterocycles. The highest BCUT2D eigenvalue weighted by atomic mass is 16.1. The molecule has 0 aliphatic carbocycles. The largest absolute Gasteiger partial charge is 0.303 e. The minimum absolute atomic E-state index is 0.144. The molecule has 2 nitrogen and oxygen atoms in total. The second-order valence-electron chi connectivity index (χ2n) is 7.04. The fourth-order valence-electron chi connectivity index (χ4n) is 2.70. The van der Waals surface area contributed by atoms with Crippen LogP contribution in [0.4, 0.5) is 0 Å². The summed E-state index contributed by atoms with van der Waals surface area (Å²) in [6, 6.07) is 0. The van der Waals surface area contributed by atoms with Crippen molar-refractivity contribution in [2.45, 2.75) is 53.9 Å². The molecule has 1 aliphatic heterocycles. The monoisotopic (exact) mass is 239 g/mol. The van der Waals surface area contributed by atoms with Gasteiger partial charge >= 0.3 is 0 Å². The Morgan fingerprint density at radius 1 is 1.18 bits per heavy atom. The zero-order valence-electron chi connectivity index (χ0n) is 12.3. The number of aldehydes is 1. The molecule has 2 heteroatoms. The highest BCUT2D eigenvalue weighted by Gasteiger charge is 2.31. The Balaban J connectivity index is 2.45. The standard InChI is InChI=1S/C15H29NO/c1-6-15(5,12-17)11-16-9-7-13(8-10-16)14(2,3)4/h12-13H,6-11H2,1-5H3. The third kappa shape index (κ3) is 4.09. The molecule has 17 heavy (non-hydrogen) atoms. The van der Waals surface area contributed by atoms with Gasteiger partial charge in [0.15, 0.2) is 0 Å². The third-order valence-electron chi connectivity index (χ3n) is 4.49. The average molecular weight is 239 g/mol. The lowest BCUT2D eigenvalue weighted by Crippen LogP contribution is -2.43. The topological polar surface area (TPSA) is 20.3 Å². The number of hydrogen-bond acceptors (Lipinski definition) is 2. The number of likely N-dealkylation sites (tertiary alicyclic amines) is 1. The minimum Gasteiger partial charge on any atom is -0.303 e. The van der Waals surface area contributed by atoms with E-state index in [1.54, 1.807) is 0 Å². The van der Waals surface area contributed by atoms with Crippen LogP contribution in [-0.2, 0) is 4.79 Å². The molecule has 0 N–H and O–H groups in total. The van der Waals surface area contributed by atoms with Crippen LogP contribution in [0, 0.1) is 16.7 Å². The number of carbonyl (C=O) groups excluding carboxylic acids is 1. The van der Waals surface area contributed by atoms with E-state index in [2.05, 4.69) is 39.5 Å². The summed E-state index contributed by atoms with van der Waals surface area (Å²) in [6.07, 6.45) is 4.64. The number of piperidine rings is 1. The molecule has 0 aromatic carbocycles. The summed E-state index contributed by atoms with van der Waals surface area (Å²) in [5.74, 6) is 0.836. The summed E-state index contributed by atoms with van der Waals surface area (Å²) in [7, 11) is 0. The molecule has 0 bridgehead atoms. The Hall–Kier alpha value is -0.370. The van der Waals surface area contributed by atoms with Gasteiger partial charge in [-0.05, 0) is 43.7 Å². The van der Waals surface area contributed by atoms with Crippen LogP contribution < -0.4 is 0 Å². The summed E-state index contributed by atoms with van der Waals surface area (Å²) in [4.78, 5) is 13.6. The highest BCUT2D eigenvalue weighted by molar-refractivity contribution is 5.58. The Labute approximate surface area is 107 Å². The molecule has 100 valence electrons. The fraction of sp³-hybridized carbons (Fsp3) is 0.933. The Morgan fingerprint density at radius 3 is 2.06 bits per heavy atom. The van der Waals surface area contributed by atoms with Gasteiger partial charge in [0.2, 0.25) is 0 Å². The maximum Gasteiger partial charge on any atom is 0.127 e. The molecule has 1 rings (SSSR count). The summed E-state index contributed by atoms with van der Waals surface area (Å²) in [5.41, 5.74) is 0.291. The van der Waals surface area contributed by atoms with Crippen molar-refractivity contribution >= 4 is 6.29 Å². The van der Waals surface area contributed by atoms with Crippen molar-refractivity contribution in [3.63, 3.8) is 0 Å². The van der Waals surface area contributed by atoms with Crippen LogP contribution in [0.2, 0.25) is 0 Å². The molecular formula is C15H29NO. The van der Waals surface area contributed by atoms with E-state index in [4.69, 9.17) is 0 Å². The smallest absolute Gasteiger partial charge is 0.127 e. The lowest BCUT2D eigenvalue weighted by Gasteiger charge is -2.40. The van der Waals surface area contributed by atoms with Gasteiger partial charge in [0.05, 0.1) is 0 Å². The Morgan fingerprint density at radius 2 is 1.71 bits per heavy atom. The van der Waals surface area contributed by atoms with E-state index < -0.39 is 0 Å². The van der Waals surface area contributed by atoms with Crippen molar-refractivity contribution in [1.29, 1.82) is 0 Å². The summed E-state index contributed by atoms with van der Waals surface area (Å²) >= 11 is 0. The van der Waals surface area contributed by atoms with E-state index >= 15 is 0 Å². The molecule has 1 aliphatic rings. The SMILES string of the molecule is CCC(C)(C=O)CN1CCC(C(C)(C)C)CC1. The maximum absolute atomic E-state index is 11.1. The van der Waals surface area contributed by atoms with Gasteiger partial charge in [0, 0.05) is 12.0 Å². The van der Waals surface area contributed by atoms with E-state index in [0.717, 1.165) is 38.3 Å². The van der Waals surface area contributed by atoms with Crippen molar-refractivity contribution < 1.29 is 4.79 Å². The van der Waals surface area contributed by atoms with Gasteiger partial charge in [-0.3, -0.25) is 0 Å². The second kappa shape index (κ2) is 5.51. The first-order valence-corrected chi connectivity index (χ1v) is 6.99. The normalized spacial score (nSPS) is 23.4. The first kappa shape index (κ1) is 14.7. The van der Waals surface area contributed by atoms with Crippen LogP contribution in [0.5, 0.6) is 0 Å². The van der Waals surface area contributed by atoms with Crippen LogP contribution in [0.3, 0.4) is 0 Å². The predicted molar refractivity (Wildman–Crippen MR) is 73.1 cm³/mol. The zero-order chi connectivity index (χ0) is 13.1. The van der Waals surface area contributed by atoms with E-state index in [-0.39, 0.29) is 5.41 Å². The van der Waals surface area contributed by atoms with Gasteiger partial charge < -0.3 is 9.69 Å². The lowest BCUT2D eigenvalue weighted by atomic mass is 9.75. The van der Waals surface area contributed by atoms with Crippen molar-refractivity contribution in [2.24, 2.45) is 16.7 Å². The molecule has 1 atom stereocenters. The Bertz CT molecular complexity index is 248. The molecule has 0 aromatic rings. The van der Waals surface area contributed by atoms with Crippen molar-refractivity contribution in [2.75, 3.05) is 19.6 Å². The molecule has 1 fully saturated rings. The van der Waals surface area contributed by atoms with Crippen LogP contribution in [0.1, 0.15) is 53.9 Å². The zero-order valence-corrected chi connectivity index (χ0v) is 12.3. The van der Waals surface area contributed by atoms with E-state index in [0.29, 0.717) is 5.41 Å². The van der Waals surface area contributed by atoms with Gasteiger partial charge in [0.25, 0.3) is 0 Å². The number of nitrogens with zero attached hydrogens (tertiary/aromatic N) is 1. The van der Waals surface area contributed by atoms with E-state index in [9.17, 15) is 4.79 Å². The summed E-state index contributed by atoms with van der Waals surface area (Å²) in [5, 5.41) is 0. The Kier molecular flexibility index (Phi) is 4.77. The predicted octanol–water partition coefficient (Wildman–Crippen LogP) is 3.36. The van der Waals surface area contributed by atoms with Crippen LogP contribution in [0.25, 0.3) is 0 Å². The van der Waals surface area contributed by atoms with Crippen molar-refractivity contribution in [3.8, 4) is 0 Å². The molecule has 0 saturated carbocycles. The lowest BCUT2D eigenvalue weighted by molar-refractivity contribution is -0.116. The molecular weight excluding hydrogens is 210 g/mol. The molecule has 0 spiro atoms. The molecule has 1 unspecified atom stereocenters. The number of carbonyl (C=O) groups is 1. The van der Waals surface area contributed by atoms with Crippen LogP contribution in [0.15, 0.2) is 0 Å². The number of hydrogen-bond donors (Lipinski definition) is 0. The van der Waals surface area contributed by atoms with E-state index in [1.165, 1.54) is 12.8 Å². The highest BCUT2D eigenvalue weighted by Crippen LogP contribution is 2.35. The van der Waals surface area contributed by atoms with Gasteiger partial charge in [-0.2, -0.15) is 0 Å². The first-order valence-electron chi connectivity index (χ1n) is 6.99. The molecule has 1 saturated heterocycles. The van der Waals surface area contributed by atoms with Gasteiger partial charge in [-0.1, -0.05) is 34.6 Å². The summed E-state index contributed by atoms with van der Waals surface area (Å²) < 4.78 is 0. The maximum atomic E-state index is 11.1. The first-order chi connectivity index (χ1) is 7.80.